The van der Waals surface area contributed by atoms with Crippen LogP contribution in [0.5, 0.6) is 0 Å². The highest BCUT2D eigenvalue weighted by atomic mass is 16.3. The lowest BCUT2D eigenvalue weighted by molar-refractivity contribution is 0.653. The fourth-order valence-electron chi connectivity index (χ4n) is 6.14. The van der Waals surface area contributed by atoms with Crippen molar-refractivity contribution in [3.8, 4) is 22.5 Å². The second kappa shape index (κ2) is 8.55. The molecule has 0 saturated heterocycles. The highest BCUT2D eigenvalue weighted by molar-refractivity contribution is 6.11. The zero-order chi connectivity index (χ0) is 25.1. The summed E-state index contributed by atoms with van der Waals surface area (Å²) in [4.78, 5) is 10.0. The van der Waals surface area contributed by atoms with Crippen LogP contribution in [-0.2, 0) is 0 Å². The van der Waals surface area contributed by atoms with Crippen molar-refractivity contribution in [1.82, 2.24) is 9.97 Å². The van der Waals surface area contributed by atoms with E-state index in [0.29, 0.717) is 11.6 Å². The smallest absolute Gasteiger partial charge is 0.227 e. The maximum Gasteiger partial charge on any atom is 0.227 e. The normalized spacial score (nSPS) is 14.4. The minimum Gasteiger partial charge on any atom is -0.437 e. The van der Waals surface area contributed by atoms with Crippen LogP contribution in [-0.4, -0.2) is 9.97 Å². The summed E-state index contributed by atoms with van der Waals surface area (Å²) in [5, 5.41) is 4.66. The van der Waals surface area contributed by atoms with Crippen molar-refractivity contribution in [2.45, 2.75) is 52.4 Å². The molecule has 1 aliphatic rings. The van der Waals surface area contributed by atoms with Gasteiger partial charge in [-0.25, -0.2) is 9.97 Å². The quantitative estimate of drug-likeness (QED) is 0.252. The lowest BCUT2D eigenvalue weighted by Crippen LogP contribution is -1.98. The molecule has 6 aromatic rings. The average Bonchev–Trinajstić information content (AvgIpc) is 3.56. The van der Waals surface area contributed by atoms with Gasteiger partial charge in [-0.2, -0.15) is 0 Å². The van der Waals surface area contributed by atoms with E-state index in [1.165, 1.54) is 53.1 Å². The molecule has 0 unspecified atom stereocenters. The minimum absolute atomic E-state index is 0.612. The molecule has 3 nitrogen and oxygen atoms in total. The second-order valence-corrected chi connectivity index (χ2v) is 10.7. The molecule has 0 amide bonds. The van der Waals surface area contributed by atoms with Crippen molar-refractivity contribution in [1.29, 1.82) is 0 Å². The number of hydrogen-bond acceptors (Lipinski definition) is 3. The molecule has 7 rings (SSSR count). The predicted octanol–water partition coefficient (Wildman–Crippen LogP) is 9.45. The second-order valence-electron chi connectivity index (χ2n) is 10.7. The summed E-state index contributed by atoms with van der Waals surface area (Å²) in [6.45, 7) is 6.28. The lowest BCUT2D eigenvalue weighted by atomic mass is 9.89. The van der Waals surface area contributed by atoms with Gasteiger partial charge in [0.2, 0.25) is 5.71 Å². The van der Waals surface area contributed by atoms with Crippen LogP contribution in [0.1, 0.15) is 54.0 Å². The first kappa shape index (κ1) is 22.2. The Morgan fingerprint density at radius 3 is 2.32 bits per heavy atom. The molecule has 0 spiro atoms. The highest BCUT2D eigenvalue weighted by Gasteiger charge is 2.23. The molecule has 1 fully saturated rings. The van der Waals surface area contributed by atoms with E-state index >= 15 is 0 Å². The molecule has 3 heterocycles. The van der Waals surface area contributed by atoms with Crippen molar-refractivity contribution in [3.63, 3.8) is 0 Å². The number of fused-ring (bicyclic) bond motifs is 4. The van der Waals surface area contributed by atoms with Gasteiger partial charge in [0.25, 0.3) is 0 Å². The Balaban J connectivity index is 1.57. The van der Waals surface area contributed by atoms with Crippen LogP contribution < -0.4 is 0 Å². The van der Waals surface area contributed by atoms with Gasteiger partial charge in [-0.05, 0) is 86.4 Å². The molecule has 3 aromatic carbocycles. The van der Waals surface area contributed by atoms with Crippen LogP contribution in [0.25, 0.3) is 55.4 Å². The number of aryl methyl sites for hydroxylation is 3. The van der Waals surface area contributed by atoms with Gasteiger partial charge < -0.3 is 4.42 Å². The van der Waals surface area contributed by atoms with Gasteiger partial charge in [0.1, 0.15) is 5.58 Å². The van der Waals surface area contributed by atoms with Gasteiger partial charge in [0.15, 0.2) is 0 Å². The number of rotatable bonds is 3. The Bertz CT molecular complexity index is 1800. The molecule has 37 heavy (non-hydrogen) atoms. The summed E-state index contributed by atoms with van der Waals surface area (Å²) in [6, 6.07) is 26.4. The lowest BCUT2D eigenvalue weighted by Gasteiger charge is -2.17. The average molecular weight is 483 g/mol. The van der Waals surface area contributed by atoms with Gasteiger partial charge in [-0.3, -0.25) is 0 Å². The van der Waals surface area contributed by atoms with E-state index in [2.05, 4.69) is 86.6 Å². The minimum atomic E-state index is 0.612. The highest BCUT2D eigenvalue weighted by Crippen LogP contribution is 2.43. The number of furan rings is 1. The van der Waals surface area contributed by atoms with Gasteiger partial charge in [0, 0.05) is 33.0 Å². The third-order valence-corrected chi connectivity index (χ3v) is 8.03. The SMILES string of the molecule is Cc1ccc(-c2cc3c(C4CCCC4)cccc3c(-c3cc(C)cc4c3oc3nc(C)ccc34)n2)cc1. The van der Waals surface area contributed by atoms with E-state index in [9.17, 15) is 0 Å². The number of aromatic nitrogens is 2. The summed E-state index contributed by atoms with van der Waals surface area (Å²) in [6.07, 6.45) is 5.15. The molecule has 182 valence electrons. The first-order valence-corrected chi connectivity index (χ1v) is 13.4. The maximum absolute atomic E-state index is 6.46. The fraction of sp³-hybridized carbons (Fsp3) is 0.235. The standard InChI is InChI=1S/C34H30N2O/c1-20-11-14-24(15-12-20)31-19-28-25(23-7-4-5-8-23)9-6-10-26(28)32(36-31)30-18-21(2)17-29-27-16-13-22(3)35-34(27)37-33(29)30/h6,9-19,23H,4-5,7-8H2,1-3H3. The van der Waals surface area contributed by atoms with Crippen molar-refractivity contribution in [2.75, 3.05) is 0 Å². The van der Waals surface area contributed by atoms with Crippen molar-refractivity contribution >= 4 is 32.8 Å². The van der Waals surface area contributed by atoms with Gasteiger partial charge in [-0.15, -0.1) is 0 Å². The van der Waals surface area contributed by atoms with E-state index in [-0.39, 0.29) is 0 Å². The largest absolute Gasteiger partial charge is 0.437 e. The predicted molar refractivity (Wildman–Crippen MR) is 153 cm³/mol. The summed E-state index contributed by atoms with van der Waals surface area (Å²) < 4.78 is 6.46. The number of pyridine rings is 2. The summed E-state index contributed by atoms with van der Waals surface area (Å²) in [5.41, 5.74) is 10.6. The van der Waals surface area contributed by atoms with Crippen LogP contribution in [0, 0.1) is 20.8 Å². The van der Waals surface area contributed by atoms with E-state index in [1.54, 1.807) is 0 Å². The van der Waals surface area contributed by atoms with Crippen LogP contribution in [0.4, 0.5) is 0 Å². The maximum atomic E-state index is 6.46. The summed E-state index contributed by atoms with van der Waals surface area (Å²) in [5.74, 6) is 0.612. The summed E-state index contributed by atoms with van der Waals surface area (Å²) >= 11 is 0. The first-order chi connectivity index (χ1) is 18.0. The van der Waals surface area contributed by atoms with Gasteiger partial charge >= 0.3 is 0 Å². The van der Waals surface area contributed by atoms with E-state index in [1.807, 2.05) is 6.92 Å². The van der Waals surface area contributed by atoms with Gasteiger partial charge in [-0.1, -0.05) is 60.9 Å². The Morgan fingerprint density at radius 2 is 1.51 bits per heavy atom. The topological polar surface area (TPSA) is 38.9 Å². The Morgan fingerprint density at radius 1 is 0.703 bits per heavy atom. The number of hydrogen-bond donors (Lipinski definition) is 0. The van der Waals surface area contributed by atoms with Crippen molar-refractivity contribution < 1.29 is 4.42 Å². The monoisotopic (exact) mass is 482 g/mol. The van der Waals surface area contributed by atoms with Crippen molar-refractivity contribution in [2.24, 2.45) is 0 Å². The molecular formula is C34H30N2O. The van der Waals surface area contributed by atoms with E-state index in [0.717, 1.165) is 44.6 Å². The number of nitrogens with zero attached hydrogens (tertiary/aromatic N) is 2. The fourth-order valence-corrected chi connectivity index (χ4v) is 6.14. The molecule has 0 atom stereocenters. The molecule has 3 aromatic heterocycles. The zero-order valence-electron chi connectivity index (χ0n) is 21.6. The number of benzene rings is 3. The molecule has 0 N–H and O–H groups in total. The van der Waals surface area contributed by atoms with Crippen LogP contribution in [0.2, 0.25) is 0 Å². The molecule has 1 saturated carbocycles. The first-order valence-electron chi connectivity index (χ1n) is 13.4. The zero-order valence-corrected chi connectivity index (χ0v) is 21.6. The van der Waals surface area contributed by atoms with E-state index in [4.69, 9.17) is 14.4 Å². The summed E-state index contributed by atoms with van der Waals surface area (Å²) in [7, 11) is 0. The van der Waals surface area contributed by atoms with Crippen LogP contribution in [0.15, 0.2) is 77.2 Å². The molecule has 0 aliphatic heterocycles. The van der Waals surface area contributed by atoms with Crippen molar-refractivity contribution in [3.05, 3.63) is 95.2 Å². The third-order valence-electron chi connectivity index (χ3n) is 8.03. The Labute approximate surface area is 217 Å². The van der Waals surface area contributed by atoms with Gasteiger partial charge in [0.05, 0.1) is 11.4 Å². The Kier molecular flexibility index (Phi) is 5.14. The third kappa shape index (κ3) is 3.72. The molecule has 0 bridgehead atoms. The van der Waals surface area contributed by atoms with Crippen LogP contribution >= 0.6 is 0 Å². The molecule has 1 aliphatic carbocycles. The molecular weight excluding hydrogens is 452 g/mol. The molecule has 0 radical (unpaired) electrons. The Hall–Kier alpha value is -3.98. The van der Waals surface area contributed by atoms with E-state index < -0.39 is 0 Å². The molecule has 3 heteroatoms. The van der Waals surface area contributed by atoms with Crippen LogP contribution in [0.3, 0.4) is 0 Å².